The third-order valence-corrected chi connectivity index (χ3v) is 5.37. The normalized spacial score (nSPS) is 10.6. The summed E-state index contributed by atoms with van der Waals surface area (Å²) in [6.45, 7) is 0. The highest BCUT2D eigenvalue weighted by atomic mass is 32.1. The average molecular weight is 404 g/mol. The lowest BCUT2D eigenvalue weighted by atomic mass is 10.1. The summed E-state index contributed by atoms with van der Waals surface area (Å²) in [5, 5.41) is 3.34. The molecule has 4 aromatic rings. The number of nitrogens with one attached hydrogen (secondary N) is 1. The molecule has 1 heterocycles. The van der Waals surface area contributed by atoms with Crippen LogP contribution in [0.3, 0.4) is 0 Å². The Kier molecular flexibility index (Phi) is 5.35. The fourth-order valence-corrected chi connectivity index (χ4v) is 3.86. The van der Waals surface area contributed by atoms with Crippen LogP contribution in [-0.4, -0.2) is 18.0 Å². The molecular formula is C23H17FN2O2S. The van der Waals surface area contributed by atoms with E-state index in [-0.39, 0.29) is 11.7 Å². The molecule has 0 saturated carbocycles. The predicted molar refractivity (Wildman–Crippen MR) is 114 cm³/mol. The summed E-state index contributed by atoms with van der Waals surface area (Å²) in [6, 6.07) is 22.8. The van der Waals surface area contributed by atoms with E-state index in [2.05, 4.69) is 10.3 Å². The molecule has 0 aliphatic carbocycles. The molecule has 29 heavy (non-hydrogen) atoms. The minimum absolute atomic E-state index is 0.258. The summed E-state index contributed by atoms with van der Waals surface area (Å²) >= 11 is 1.38. The molecule has 0 unspecified atom stereocenters. The van der Waals surface area contributed by atoms with Gasteiger partial charge < -0.3 is 4.74 Å². The number of rotatable bonds is 5. The Balaban J connectivity index is 1.68. The smallest absolute Gasteiger partial charge is 0.257 e. The summed E-state index contributed by atoms with van der Waals surface area (Å²) in [7, 11) is 1.58. The summed E-state index contributed by atoms with van der Waals surface area (Å²) < 4.78 is 18.5. The first-order valence-electron chi connectivity index (χ1n) is 8.91. The number of nitrogens with zero attached hydrogens (tertiary/aromatic N) is 1. The molecule has 1 N–H and O–H groups in total. The largest absolute Gasteiger partial charge is 0.497 e. The van der Waals surface area contributed by atoms with Crippen LogP contribution < -0.4 is 10.1 Å². The second kappa shape index (κ2) is 8.24. The van der Waals surface area contributed by atoms with Crippen LogP contribution in [0.1, 0.15) is 10.4 Å². The number of benzene rings is 3. The lowest BCUT2D eigenvalue weighted by Gasteiger charge is -2.03. The summed E-state index contributed by atoms with van der Waals surface area (Å²) in [5.41, 5.74) is 2.97. The fraction of sp³-hybridized carbons (Fsp3) is 0.0435. The first-order chi connectivity index (χ1) is 14.1. The van der Waals surface area contributed by atoms with E-state index in [1.54, 1.807) is 43.5 Å². The van der Waals surface area contributed by atoms with Crippen molar-refractivity contribution in [1.82, 2.24) is 4.98 Å². The molecule has 3 aromatic carbocycles. The van der Waals surface area contributed by atoms with Crippen molar-refractivity contribution in [2.45, 2.75) is 0 Å². The van der Waals surface area contributed by atoms with Gasteiger partial charge in [0, 0.05) is 11.1 Å². The molecule has 1 amide bonds. The Labute approximate surface area is 171 Å². The van der Waals surface area contributed by atoms with Crippen LogP contribution >= 0.6 is 11.3 Å². The molecule has 0 saturated heterocycles. The highest BCUT2D eigenvalue weighted by molar-refractivity contribution is 7.19. The maximum atomic E-state index is 13.4. The summed E-state index contributed by atoms with van der Waals surface area (Å²) in [4.78, 5) is 18.1. The molecule has 0 bridgehead atoms. The molecule has 144 valence electrons. The van der Waals surface area contributed by atoms with E-state index in [1.807, 2.05) is 30.3 Å². The first kappa shape index (κ1) is 18.8. The van der Waals surface area contributed by atoms with Crippen LogP contribution in [0.2, 0.25) is 0 Å². The van der Waals surface area contributed by atoms with Gasteiger partial charge in [0.15, 0.2) is 5.13 Å². The van der Waals surface area contributed by atoms with Crippen LogP contribution in [0.25, 0.3) is 21.7 Å². The van der Waals surface area contributed by atoms with E-state index >= 15 is 0 Å². The molecule has 0 fully saturated rings. The number of halogens is 1. The molecule has 4 nitrogen and oxygen atoms in total. The van der Waals surface area contributed by atoms with Crippen molar-refractivity contribution in [1.29, 1.82) is 0 Å². The number of methoxy groups -OCH3 is 1. The molecule has 0 spiro atoms. The van der Waals surface area contributed by atoms with Gasteiger partial charge in [-0.2, -0.15) is 0 Å². The average Bonchev–Trinajstić information content (AvgIpc) is 3.18. The van der Waals surface area contributed by atoms with Gasteiger partial charge in [0.05, 0.1) is 17.7 Å². The predicted octanol–water partition coefficient (Wildman–Crippen LogP) is 5.88. The number of aromatic nitrogens is 1. The van der Waals surface area contributed by atoms with Gasteiger partial charge in [-0.15, -0.1) is 0 Å². The van der Waals surface area contributed by atoms with Crippen LogP contribution in [0.4, 0.5) is 9.52 Å². The third kappa shape index (κ3) is 4.17. The van der Waals surface area contributed by atoms with Crippen molar-refractivity contribution in [2.75, 3.05) is 12.4 Å². The SMILES string of the molecule is COc1ccc(C(=O)Nc2nc(-c3ccc(F)cc3)c(-c3ccccc3)s2)cc1. The van der Waals surface area contributed by atoms with E-state index < -0.39 is 0 Å². The molecule has 0 aliphatic heterocycles. The van der Waals surface area contributed by atoms with Crippen LogP contribution in [-0.2, 0) is 0 Å². The Bertz CT molecular complexity index is 1120. The summed E-state index contributed by atoms with van der Waals surface area (Å²) in [6.07, 6.45) is 0. The lowest BCUT2D eigenvalue weighted by molar-refractivity contribution is 0.102. The standard InChI is InChI=1S/C23H17FN2O2S/c1-28-19-13-9-17(10-14-19)22(27)26-23-25-20(15-7-11-18(24)12-8-15)21(29-23)16-5-3-2-4-6-16/h2-14H,1H3,(H,25,26,27). The number of hydrogen-bond acceptors (Lipinski definition) is 4. The van der Waals surface area contributed by atoms with Gasteiger partial charge in [0.2, 0.25) is 0 Å². The first-order valence-corrected chi connectivity index (χ1v) is 9.73. The van der Waals surface area contributed by atoms with Crippen LogP contribution in [0.5, 0.6) is 5.75 Å². The minimum atomic E-state index is -0.307. The van der Waals surface area contributed by atoms with Crippen molar-refractivity contribution in [3.05, 3.63) is 90.2 Å². The van der Waals surface area contributed by atoms with Gasteiger partial charge in [0.25, 0.3) is 5.91 Å². The zero-order valence-electron chi connectivity index (χ0n) is 15.6. The van der Waals surface area contributed by atoms with Crippen LogP contribution in [0, 0.1) is 5.82 Å². The summed E-state index contributed by atoms with van der Waals surface area (Å²) in [5.74, 6) is 0.116. The van der Waals surface area contributed by atoms with Gasteiger partial charge in [-0.05, 0) is 54.1 Å². The highest BCUT2D eigenvalue weighted by Gasteiger charge is 2.17. The van der Waals surface area contributed by atoms with Crippen molar-refractivity contribution >= 4 is 22.4 Å². The number of anilines is 1. The maximum Gasteiger partial charge on any atom is 0.257 e. The van der Waals surface area contributed by atoms with Crippen molar-refractivity contribution < 1.29 is 13.9 Å². The minimum Gasteiger partial charge on any atom is -0.497 e. The van der Waals surface area contributed by atoms with Gasteiger partial charge in [0.1, 0.15) is 11.6 Å². The Morgan fingerprint density at radius 1 is 0.931 bits per heavy atom. The molecule has 6 heteroatoms. The van der Waals surface area contributed by atoms with Crippen LogP contribution in [0.15, 0.2) is 78.9 Å². The molecule has 0 atom stereocenters. The number of hydrogen-bond donors (Lipinski definition) is 1. The van der Waals surface area contributed by atoms with Gasteiger partial charge >= 0.3 is 0 Å². The Hall–Kier alpha value is -3.51. The van der Waals surface area contributed by atoms with Crippen molar-refractivity contribution in [3.63, 3.8) is 0 Å². The second-order valence-corrected chi connectivity index (χ2v) is 7.25. The van der Waals surface area contributed by atoms with E-state index in [1.165, 1.54) is 23.5 Å². The zero-order valence-corrected chi connectivity index (χ0v) is 16.4. The van der Waals surface area contributed by atoms with Gasteiger partial charge in [-0.1, -0.05) is 41.7 Å². The van der Waals surface area contributed by atoms with Gasteiger partial charge in [-0.25, -0.2) is 9.37 Å². The molecule has 4 rings (SSSR count). The van der Waals surface area contributed by atoms with Crippen molar-refractivity contribution in [2.24, 2.45) is 0 Å². The van der Waals surface area contributed by atoms with E-state index in [0.29, 0.717) is 22.1 Å². The van der Waals surface area contributed by atoms with Gasteiger partial charge in [-0.3, -0.25) is 10.1 Å². The van der Waals surface area contributed by atoms with E-state index in [9.17, 15) is 9.18 Å². The lowest BCUT2D eigenvalue weighted by Crippen LogP contribution is -2.11. The van der Waals surface area contributed by atoms with Crippen molar-refractivity contribution in [3.8, 4) is 27.4 Å². The van der Waals surface area contributed by atoms with E-state index in [0.717, 1.165) is 16.0 Å². The highest BCUT2D eigenvalue weighted by Crippen LogP contribution is 2.39. The number of thiazole rings is 1. The number of carbonyl (C=O) groups is 1. The Morgan fingerprint density at radius 2 is 1.62 bits per heavy atom. The zero-order chi connectivity index (χ0) is 20.2. The molecule has 0 aliphatic rings. The number of carbonyl (C=O) groups excluding carboxylic acids is 1. The number of ether oxygens (including phenoxy) is 1. The fourth-order valence-electron chi connectivity index (χ4n) is 2.87. The maximum absolute atomic E-state index is 13.4. The monoisotopic (exact) mass is 404 g/mol. The second-order valence-electron chi connectivity index (χ2n) is 6.25. The molecule has 0 radical (unpaired) electrons. The quantitative estimate of drug-likeness (QED) is 0.452. The number of amides is 1. The molecular weight excluding hydrogens is 387 g/mol. The topological polar surface area (TPSA) is 51.2 Å². The Morgan fingerprint density at radius 3 is 2.28 bits per heavy atom. The third-order valence-electron chi connectivity index (χ3n) is 4.35. The van der Waals surface area contributed by atoms with E-state index in [4.69, 9.17) is 4.74 Å². The molecule has 1 aromatic heterocycles.